The van der Waals surface area contributed by atoms with Crippen molar-refractivity contribution in [3.05, 3.63) is 23.8 Å². The van der Waals surface area contributed by atoms with E-state index >= 15 is 0 Å². The number of hydrogen-bond acceptors (Lipinski definition) is 5. The predicted octanol–water partition coefficient (Wildman–Crippen LogP) is 1.39. The molecule has 0 aliphatic carbocycles. The number of carbonyl (C=O) groups excluding carboxylic acids is 1. The lowest BCUT2D eigenvalue weighted by Crippen LogP contribution is -2.34. The first-order valence-electron chi connectivity index (χ1n) is 6.45. The monoisotopic (exact) mass is 265 g/mol. The Balaban J connectivity index is 2.03. The molecule has 0 radical (unpaired) electrons. The van der Waals surface area contributed by atoms with E-state index in [2.05, 4.69) is 0 Å². The summed E-state index contributed by atoms with van der Waals surface area (Å²) in [5, 5.41) is 18.9. The fraction of sp³-hybridized carbons (Fsp3) is 0.500. The number of hydrogen-bond donors (Lipinski definition) is 2. The lowest BCUT2D eigenvalue weighted by atomic mass is 10.1. The molecule has 1 aliphatic rings. The Hall–Kier alpha value is -1.59. The lowest BCUT2D eigenvalue weighted by Gasteiger charge is -2.20. The quantitative estimate of drug-likeness (QED) is 0.808. The fourth-order valence-electron chi connectivity index (χ4n) is 2.27. The van der Waals surface area contributed by atoms with Gasteiger partial charge in [-0.05, 0) is 25.5 Å². The van der Waals surface area contributed by atoms with Crippen LogP contribution in [0.1, 0.15) is 23.7 Å². The first kappa shape index (κ1) is 13.8. The third-order valence-electron chi connectivity index (χ3n) is 3.19. The Morgan fingerprint density at radius 3 is 3.00 bits per heavy atom. The van der Waals surface area contributed by atoms with Crippen LogP contribution in [0, 0.1) is 0 Å². The first-order valence-corrected chi connectivity index (χ1v) is 6.45. The molecule has 1 atom stereocenters. The van der Waals surface area contributed by atoms with E-state index in [0.29, 0.717) is 6.54 Å². The molecule has 1 aliphatic heterocycles. The molecular formula is C14H19NO4. The molecule has 1 aromatic rings. The van der Waals surface area contributed by atoms with Gasteiger partial charge in [0.25, 0.3) is 0 Å². The zero-order chi connectivity index (χ0) is 13.8. The van der Waals surface area contributed by atoms with E-state index < -0.39 is 0 Å². The minimum Gasteiger partial charge on any atom is -0.508 e. The van der Waals surface area contributed by atoms with E-state index in [1.54, 1.807) is 0 Å². The van der Waals surface area contributed by atoms with Gasteiger partial charge >= 0.3 is 0 Å². The van der Waals surface area contributed by atoms with E-state index in [0.717, 1.165) is 19.6 Å². The number of nitrogens with zero attached hydrogens (tertiary/aromatic N) is 1. The highest BCUT2D eigenvalue weighted by Gasteiger charge is 2.19. The molecule has 0 spiro atoms. The molecule has 2 N–H and O–H groups in total. The van der Waals surface area contributed by atoms with Gasteiger partial charge in [0.1, 0.15) is 11.5 Å². The van der Waals surface area contributed by atoms with Crippen molar-refractivity contribution in [1.82, 2.24) is 4.90 Å². The Bertz CT molecular complexity index is 461. The number of aromatic hydroxyl groups is 2. The van der Waals surface area contributed by atoms with E-state index in [9.17, 15) is 15.0 Å². The van der Waals surface area contributed by atoms with Crippen molar-refractivity contribution >= 4 is 5.78 Å². The highest BCUT2D eigenvalue weighted by molar-refractivity contribution is 6.00. The van der Waals surface area contributed by atoms with Gasteiger partial charge in [0.15, 0.2) is 5.78 Å². The average molecular weight is 265 g/mol. The highest BCUT2D eigenvalue weighted by atomic mass is 16.5. The van der Waals surface area contributed by atoms with Crippen LogP contribution in [0.25, 0.3) is 0 Å². The molecule has 1 saturated heterocycles. The third-order valence-corrected chi connectivity index (χ3v) is 3.19. The number of ether oxygens (including phenoxy) is 1. The molecule has 19 heavy (non-hydrogen) atoms. The van der Waals surface area contributed by atoms with Crippen LogP contribution >= 0.6 is 0 Å². The summed E-state index contributed by atoms with van der Waals surface area (Å²) in [6.45, 7) is 4.49. The second-order valence-electron chi connectivity index (χ2n) is 4.89. The van der Waals surface area contributed by atoms with Crippen LogP contribution < -0.4 is 0 Å². The molecule has 0 aromatic heterocycles. The van der Waals surface area contributed by atoms with Gasteiger partial charge in [0.2, 0.25) is 0 Å². The Kier molecular flexibility index (Phi) is 4.39. The van der Waals surface area contributed by atoms with Crippen molar-refractivity contribution in [2.24, 2.45) is 0 Å². The van der Waals surface area contributed by atoms with Gasteiger partial charge in [-0.15, -0.1) is 0 Å². The van der Waals surface area contributed by atoms with Crippen LogP contribution in [-0.2, 0) is 4.74 Å². The van der Waals surface area contributed by atoms with Gasteiger partial charge in [-0.2, -0.15) is 0 Å². The molecule has 0 saturated carbocycles. The van der Waals surface area contributed by atoms with Gasteiger partial charge < -0.3 is 14.9 Å². The zero-order valence-corrected chi connectivity index (χ0v) is 11.0. The summed E-state index contributed by atoms with van der Waals surface area (Å²) in [5.74, 6) is -0.374. The summed E-state index contributed by atoms with van der Waals surface area (Å²) in [4.78, 5) is 14.2. The second kappa shape index (κ2) is 6.04. The number of phenolic OH excluding ortho intramolecular Hbond substituents is 2. The van der Waals surface area contributed by atoms with E-state index in [1.807, 2.05) is 11.8 Å². The standard InChI is InChI=1S/C14H19NO4/c1-10-8-15(5-2-6-19-10)9-14(18)12-4-3-11(16)7-13(12)17/h3-4,7,10,16-17H,2,5-6,8-9H2,1H3. The molecule has 0 amide bonds. The van der Waals surface area contributed by atoms with Crippen LogP contribution in [0.2, 0.25) is 0 Å². The number of Topliss-reactive ketones (excluding diaryl/α,β-unsaturated/α-hetero) is 1. The summed E-state index contributed by atoms with van der Waals surface area (Å²) >= 11 is 0. The number of carbonyl (C=O) groups is 1. The van der Waals surface area contributed by atoms with Crippen LogP contribution in [0.4, 0.5) is 0 Å². The molecule has 1 fully saturated rings. The number of ketones is 1. The van der Waals surface area contributed by atoms with E-state index in [-0.39, 0.29) is 35.5 Å². The van der Waals surface area contributed by atoms with Crippen molar-refractivity contribution in [2.75, 3.05) is 26.2 Å². The van der Waals surface area contributed by atoms with Crippen molar-refractivity contribution in [3.8, 4) is 11.5 Å². The fourth-order valence-corrected chi connectivity index (χ4v) is 2.27. The Morgan fingerprint density at radius 1 is 1.47 bits per heavy atom. The first-order chi connectivity index (χ1) is 9.06. The summed E-state index contributed by atoms with van der Waals surface area (Å²) in [6, 6.07) is 4.03. The minimum absolute atomic E-state index is 0.0501. The minimum atomic E-state index is -0.177. The third kappa shape index (κ3) is 3.68. The van der Waals surface area contributed by atoms with Crippen molar-refractivity contribution < 1.29 is 19.7 Å². The maximum atomic E-state index is 12.1. The molecule has 1 unspecified atom stereocenters. The average Bonchev–Trinajstić information content (AvgIpc) is 2.53. The van der Waals surface area contributed by atoms with Gasteiger partial charge in [-0.3, -0.25) is 9.69 Å². The predicted molar refractivity (Wildman–Crippen MR) is 70.6 cm³/mol. The largest absolute Gasteiger partial charge is 0.508 e. The Labute approximate surface area is 112 Å². The van der Waals surface area contributed by atoms with Crippen LogP contribution in [0.5, 0.6) is 11.5 Å². The van der Waals surface area contributed by atoms with Crippen LogP contribution in [0.15, 0.2) is 18.2 Å². The van der Waals surface area contributed by atoms with Crippen molar-refractivity contribution in [1.29, 1.82) is 0 Å². The molecule has 1 heterocycles. The van der Waals surface area contributed by atoms with Crippen molar-refractivity contribution in [3.63, 3.8) is 0 Å². The van der Waals surface area contributed by atoms with Gasteiger partial charge in [0.05, 0.1) is 18.2 Å². The lowest BCUT2D eigenvalue weighted by molar-refractivity contribution is 0.0657. The summed E-state index contributed by atoms with van der Waals surface area (Å²) < 4.78 is 5.52. The molecule has 5 heteroatoms. The van der Waals surface area contributed by atoms with E-state index in [4.69, 9.17) is 4.74 Å². The number of phenols is 2. The van der Waals surface area contributed by atoms with Gasteiger partial charge in [0, 0.05) is 25.8 Å². The molecule has 0 bridgehead atoms. The maximum Gasteiger partial charge on any atom is 0.180 e. The Morgan fingerprint density at radius 2 is 2.26 bits per heavy atom. The highest BCUT2D eigenvalue weighted by Crippen LogP contribution is 2.23. The van der Waals surface area contributed by atoms with Gasteiger partial charge in [-0.25, -0.2) is 0 Å². The second-order valence-corrected chi connectivity index (χ2v) is 4.89. The van der Waals surface area contributed by atoms with Crippen LogP contribution in [-0.4, -0.2) is 53.2 Å². The van der Waals surface area contributed by atoms with E-state index in [1.165, 1.54) is 18.2 Å². The van der Waals surface area contributed by atoms with Gasteiger partial charge in [-0.1, -0.05) is 0 Å². The van der Waals surface area contributed by atoms with Crippen molar-refractivity contribution in [2.45, 2.75) is 19.4 Å². The smallest absolute Gasteiger partial charge is 0.180 e. The topological polar surface area (TPSA) is 70.0 Å². The normalized spacial score (nSPS) is 21.0. The van der Waals surface area contributed by atoms with Crippen LogP contribution in [0.3, 0.4) is 0 Å². The molecule has 104 valence electrons. The molecule has 2 rings (SSSR count). The number of rotatable bonds is 3. The maximum absolute atomic E-state index is 12.1. The summed E-state index contributed by atoms with van der Waals surface area (Å²) in [7, 11) is 0. The number of benzene rings is 1. The zero-order valence-electron chi connectivity index (χ0n) is 11.0. The molecule has 5 nitrogen and oxygen atoms in total. The summed E-state index contributed by atoms with van der Waals surface area (Å²) in [5.41, 5.74) is 0.246. The molecule has 1 aromatic carbocycles. The SMILES string of the molecule is CC1CN(CC(=O)c2ccc(O)cc2O)CCCO1. The molecular weight excluding hydrogens is 246 g/mol. The summed E-state index contributed by atoms with van der Waals surface area (Å²) in [6.07, 6.45) is 1.02.